The number of aryl methyl sites for hydroxylation is 1. The second-order valence-electron chi connectivity index (χ2n) is 7.09. The minimum absolute atomic E-state index is 0.0192. The number of likely N-dealkylation sites (tertiary alicyclic amines) is 1. The number of benzene rings is 1. The van der Waals surface area contributed by atoms with Gasteiger partial charge in [-0.25, -0.2) is 0 Å². The van der Waals surface area contributed by atoms with Crippen molar-refractivity contribution < 1.29 is 18.0 Å². The van der Waals surface area contributed by atoms with Crippen molar-refractivity contribution in [1.82, 2.24) is 14.8 Å². The average molecular weight is 393 g/mol. The van der Waals surface area contributed by atoms with E-state index in [0.717, 1.165) is 6.07 Å². The monoisotopic (exact) mass is 393 g/mol. The molecular weight excluding hydrogens is 371 g/mol. The summed E-state index contributed by atoms with van der Waals surface area (Å²) in [6.45, 7) is 1.80. The molecule has 0 unspecified atom stereocenters. The summed E-state index contributed by atoms with van der Waals surface area (Å²) in [5.74, 6) is -0.283. The van der Waals surface area contributed by atoms with E-state index in [2.05, 4.69) is 10.2 Å². The maximum absolute atomic E-state index is 12.8. The van der Waals surface area contributed by atoms with Gasteiger partial charge in [0.25, 0.3) is 11.5 Å². The first-order chi connectivity index (χ1) is 13.2. The largest absolute Gasteiger partial charge is 0.416 e. The lowest BCUT2D eigenvalue weighted by Crippen LogP contribution is -2.44. The van der Waals surface area contributed by atoms with E-state index in [1.807, 2.05) is 0 Å². The molecule has 1 aromatic heterocycles. The van der Waals surface area contributed by atoms with Crippen LogP contribution in [-0.2, 0) is 19.8 Å². The minimum Gasteiger partial charge on any atom is -0.349 e. The first-order valence-electron chi connectivity index (χ1n) is 9.08. The molecule has 0 aliphatic carbocycles. The Bertz CT molecular complexity index is 900. The third-order valence-electron chi connectivity index (χ3n) is 4.95. The lowest BCUT2D eigenvalue weighted by Gasteiger charge is -2.32. The zero-order chi connectivity index (χ0) is 20.3. The van der Waals surface area contributed by atoms with Crippen LogP contribution in [0.3, 0.4) is 0 Å². The minimum atomic E-state index is -4.34. The van der Waals surface area contributed by atoms with Crippen LogP contribution in [0.4, 0.5) is 13.2 Å². The number of aromatic nitrogens is 1. The van der Waals surface area contributed by atoms with Crippen molar-refractivity contribution in [3.8, 4) is 0 Å². The van der Waals surface area contributed by atoms with Gasteiger partial charge in [0.2, 0.25) is 0 Å². The Hall–Kier alpha value is -2.61. The molecule has 1 saturated heterocycles. The maximum Gasteiger partial charge on any atom is 0.416 e. The number of hydrogen-bond donors (Lipinski definition) is 1. The predicted molar refractivity (Wildman–Crippen MR) is 98.9 cm³/mol. The molecule has 2 heterocycles. The van der Waals surface area contributed by atoms with Crippen LogP contribution in [-0.4, -0.2) is 34.5 Å². The van der Waals surface area contributed by atoms with E-state index in [4.69, 9.17) is 0 Å². The summed E-state index contributed by atoms with van der Waals surface area (Å²) in [7, 11) is 1.62. The molecule has 1 fully saturated rings. The number of amides is 1. The summed E-state index contributed by atoms with van der Waals surface area (Å²) in [6.07, 6.45) is -1.38. The summed E-state index contributed by atoms with van der Waals surface area (Å²) in [4.78, 5) is 26.0. The Kier molecular flexibility index (Phi) is 5.88. The molecule has 3 rings (SSSR count). The fraction of sp³-hybridized carbons (Fsp3) is 0.400. The fourth-order valence-electron chi connectivity index (χ4n) is 3.30. The van der Waals surface area contributed by atoms with E-state index in [-0.39, 0.29) is 17.5 Å². The maximum atomic E-state index is 12.8. The van der Waals surface area contributed by atoms with Crippen molar-refractivity contribution in [3.63, 3.8) is 0 Å². The Labute approximate surface area is 160 Å². The van der Waals surface area contributed by atoms with Crippen LogP contribution >= 0.6 is 0 Å². The highest BCUT2D eigenvalue weighted by Crippen LogP contribution is 2.30. The van der Waals surface area contributed by atoms with Crippen molar-refractivity contribution in [2.45, 2.75) is 31.6 Å². The highest BCUT2D eigenvalue weighted by molar-refractivity contribution is 5.94. The summed E-state index contributed by atoms with van der Waals surface area (Å²) < 4.78 is 39.9. The second kappa shape index (κ2) is 8.18. The van der Waals surface area contributed by atoms with Crippen molar-refractivity contribution >= 4 is 5.91 Å². The lowest BCUT2D eigenvalue weighted by molar-refractivity contribution is -0.137. The van der Waals surface area contributed by atoms with Crippen molar-refractivity contribution in [2.24, 2.45) is 7.05 Å². The number of nitrogens with one attached hydrogen (secondary N) is 1. The van der Waals surface area contributed by atoms with E-state index in [1.165, 1.54) is 22.8 Å². The third-order valence-corrected chi connectivity index (χ3v) is 4.95. The number of alkyl halides is 3. The number of carbonyl (C=O) groups excluding carboxylic acids is 1. The zero-order valence-electron chi connectivity index (χ0n) is 15.5. The molecule has 0 atom stereocenters. The first kappa shape index (κ1) is 20.1. The van der Waals surface area contributed by atoms with Crippen molar-refractivity contribution in [2.75, 3.05) is 13.1 Å². The van der Waals surface area contributed by atoms with Gasteiger partial charge in [-0.2, -0.15) is 13.2 Å². The lowest BCUT2D eigenvalue weighted by atomic mass is 10.0. The Morgan fingerprint density at radius 3 is 2.54 bits per heavy atom. The number of pyridine rings is 1. The topological polar surface area (TPSA) is 54.3 Å². The van der Waals surface area contributed by atoms with Crippen LogP contribution in [0.15, 0.2) is 47.4 Å². The summed E-state index contributed by atoms with van der Waals surface area (Å²) in [5, 5.41) is 2.93. The van der Waals surface area contributed by atoms with Gasteiger partial charge in [-0.1, -0.05) is 18.2 Å². The van der Waals surface area contributed by atoms with E-state index in [0.29, 0.717) is 43.6 Å². The highest BCUT2D eigenvalue weighted by Gasteiger charge is 2.30. The van der Waals surface area contributed by atoms with Gasteiger partial charge in [-0.3, -0.25) is 14.5 Å². The third kappa shape index (κ3) is 5.01. The number of rotatable bonds is 4. The molecule has 0 saturated carbocycles. The van der Waals surface area contributed by atoms with E-state index >= 15 is 0 Å². The summed E-state index contributed by atoms with van der Waals surface area (Å²) >= 11 is 0. The molecule has 0 radical (unpaired) electrons. The van der Waals surface area contributed by atoms with Crippen LogP contribution in [0.2, 0.25) is 0 Å². The molecule has 0 bridgehead atoms. The molecular formula is C20H22F3N3O2. The van der Waals surface area contributed by atoms with Crippen LogP contribution in [0.25, 0.3) is 0 Å². The van der Waals surface area contributed by atoms with Crippen LogP contribution in [0.5, 0.6) is 0 Å². The van der Waals surface area contributed by atoms with Crippen LogP contribution in [0.1, 0.15) is 34.3 Å². The average Bonchev–Trinajstić information content (AvgIpc) is 2.65. The number of piperidine rings is 1. The van der Waals surface area contributed by atoms with Gasteiger partial charge in [0, 0.05) is 50.6 Å². The standard InChI is InChI=1S/C20H22F3N3O2/c1-25-8-5-15(12-18(25)27)19(28)24-17-6-9-26(10-7-17)13-14-3-2-4-16(11-14)20(21,22)23/h2-5,8,11-12,17H,6-7,9-10,13H2,1H3,(H,24,28). The second-order valence-corrected chi connectivity index (χ2v) is 7.09. The molecule has 5 nitrogen and oxygen atoms in total. The Morgan fingerprint density at radius 2 is 1.89 bits per heavy atom. The van der Waals surface area contributed by atoms with Crippen LogP contribution < -0.4 is 10.9 Å². The molecule has 1 amide bonds. The molecule has 2 aromatic rings. The van der Waals surface area contributed by atoms with Gasteiger partial charge < -0.3 is 9.88 Å². The van der Waals surface area contributed by atoms with Gasteiger partial charge in [0.05, 0.1) is 5.56 Å². The number of carbonyl (C=O) groups is 1. The van der Waals surface area contributed by atoms with Gasteiger partial charge in [0.1, 0.15) is 0 Å². The molecule has 28 heavy (non-hydrogen) atoms. The molecule has 8 heteroatoms. The Morgan fingerprint density at radius 1 is 1.18 bits per heavy atom. The summed E-state index contributed by atoms with van der Waals surface area (Å²) in [6, 6.07) is 8.26. The van der Waals surface area contributed by atoms with E-state index in [1.54, 1.807) is 25.4 Å². The molecule has 150 valence electrons. The number of nitrogens with zero attached hydrogens (tertiary/aromatic N) is 2. The summed E-state index contributed by atoms with van der Waals surface area (Å²) in [5.41, 5.74) is 0.0663. The van der Waals surface area contributed by atoms with E-state index < -0.39 is 11.7 Å². The molecule has 1 aliphatic heterocycles. The zero-order valence-corrected chi connectivity index (χ0v) is 15.5. The molecule has 1 aromatic carbocycles. The fourth-order valence-corrected chi connectivity index (χ4v) is 3.30. The number of halogens is 3. The van der Waals surface area contributed by atoms with Crippen LogP contribution in [0, 0.1) is 0 Å². The van der Waals surface area contributed by atoms with Gasteiger partial charge >= 0.3 is 6.18 Å². The quantitative estimate of drug-likeness (QED) is 0.869. The van der Waals surface area contributed by atoms with Gasteiger partial charge in [0.15, 0.2) is 0 Å². The molecule has 0 spiro atoms. The van der Waals surface area contributed by atoms with Gasteiger partial charge in [-0.15, -0.1) is 0 Å². The normalized spacial score (nSPS) is 16.1. The van der Waals surface area contributed by atoms with E-state index in [9.17, 15) is 22.8 Å². The van der Waals surface area contributed by atoms with Gasteiger partial charge in [-0.05, 0) is 30.5 Å². The first-order valence-corrected chi connectivity index (χ1v) is 9.08. The van der Waals surface area contributed by atoms with Crippen molar-refractivity contribution in [1.29, 1.82) is 0 Å². The SMILES string of the molecule is Cn1ccc(C(=O)NC2CCN(Cc3cccc(C(F)(F)F)c3)CC2)cc1=O. The smallest absolute Gasteiger partial charge is 0.349 e. The Balaban J connectivity index is 1.52. The predicted octanol–water partition coefficient (Wildman–Crippen LogP) is 2.80. The molecule has 1 N–H and O–H groups in total. The number of hydrogen-bond acceptors (Lipinski definition) is 3. The van der Waals surface area contributed by atoms with Crippen molar-refractivity contribution in [3.05, 3.63) is 69.6 Å². The highest BCUT2D eigenvalue weighted by atomic mass is 19.4. The molecule has 1 aliphatic rings.